The van der Waals surface area contributed by atoms with Crippen molar-refractivity contribution in [3.05, 3.63) is 77.6 Å². The Balaban J connectivity index is 1.50. The van der Waals surface area contributed by atoms with Crippen molar-refractivity contribution in [2.24, 2.45) is 5.92 Å². The minimum Gasteiger partial charge on any atom is -0.326 e. The molecule has 1 aliphatic carbocycles. The van der Waals surface area contributed by atoms with Crippen LogP contribution < -0.4 is 5.32 Å². The number of amides is 1. The fourth-order valence-electron chi connectivity index (χ4n) is 3.39. The maximum absolute atomic E-state index is 13.2. The number of benzene rings is 2. The molecule has 1 heterocycles. The Morgan fingerprint density at radius 3 is 2.16 bits per heavy atom. The topological polar surface area (TPSA) is 46.9 Å². The summed E-state index contributed by atoms with van der Waals surface area (Å²) in [5.41, 5.74) is -2.02. The summed E-state index contributed by atoms with van der Waals surface area (Å²) in [6.07, 6.45) is -9.35. The van der Waals surface area contributed by atoms with E-state index >= 15 is 0 Å². The lowest BCUT2D eigenvalue weighted by molar-refractivity contribution is -0.143. The third kappa shape index (κ3) is 4.42. The Labute approximate surface area is 172 Å². The second-order valence-electron chi connectivity index (χ2n) is 7.22. The number of alkyl halides is 6. The molecule has 0 radical (unpaired) electrons. The second-order valence-corrected chi connectivity index (χ2v) is 7.22. The molecule has 3 aromatic rings. The Hall–Kier alpha value is -3.30. The van der Waals surface area contributed by atoms with Crippen molar-refractivity contribution in [1.29, 1.82) is 0 Å². The summed E-state index contributed by atoms with van der Waals surface area (Å²) in [6.45, 7) is 0. The van der Waals surface area contributed by atoms with Crippen LogP contribution in [0.4, 0.5) is 32.0 Å². The van der Waals surface area contributed by atoms with Gasteiger partial charge in [0.05, 0.1) is 5.69 Å². The van der Waals surface area contributed by atoms with Crippen molar-refractivity contribution in [2.45, 2.75) is 24.7 Å². The van der Waals surface area contributed by atoms with Gasteiger partial charge in [-0.25, -0.2) is 4.68 Å². The quantitative estimate of drug-likeness (QED) is 0.534. The van der Waals surface area contributed by atoms with Gasteiger partial charge in [-0.15, -0.1) is 0 Å². The van der Waals surface area contributed by atoms with Crippen LogP contribution in [0.3, 0.4) is 0 Å². The molecular weight excluding hydrogens is 424 g/mol. The first kappa shape index (κ1) is 21.0. The number of anilines is 1. The molecule has 0 bridgehead atoms. The summed E-state index contributed by atoms with van der Waals surface area (Å²) in [5, 5.41) is 5.76. The number of rotatable bonds is 4. The van der Waals surface area contributed by atoms with Gasteiger partial charge < -0.3 is 5.32 Å². The van der Waals surface area contributed by atoms with Crippen LogP contribution in [0.25, 0.3) is 5.69 Å². The highest BCUT2D eigenvalue weighted by Crippen LogP contribution is 2.48. The molecule has 1 amide bonds. The highest BCUT2D eigenvalue weighted by atomic mass is 19.4. The van der Waals surface area contributed by atoms with Gasteiger partial charge in [0, 0.05) is 17.7 Å². The molecule has 10 heteroatoms. The van der Waals surface area contributed by atoms with Crippen molar-refractivity contribution < 1.29 is 31.1 Å². The zero-order valence-corrected chi connectivity index (χ0v) is 15.7. The van der Waals surface area contributed by atoms with E-state index in [0.29, 0.717) is 12.1 Å². The van der Waals surface area contributed by atoms with E-state index in [1.165, 1.54) is 24.3 Å². The lowest BCUT2D eigenvalue weighted by Crippen LogP contribution is -2.15. The van der Waals surface area contributed by atoms with E-state index in [0.717, 1.165) is 5.56 Å². The minimum atomic E-state index is -5.03. The van der Waals surface area contributed by atoms with Gasteiger partial charge in [-0.3, -0.25) is 4.79 Å². The average molecular weight is 439 g/mol. The van der Waals surface area contributed by atoms with E-state index < -0.39 is 23.7 Å². The van der Waals surface area contributed by atoms with Crippen molar-refractivity contribution in [3.8, 4) is 5.69 Å². The van der Waals surface area contributed by atoms with Gasteiger partial charge in [0.1, 0.15) is 5.69 Å². The Morgan fingerprint density at radius 1 is 0.935 bits per heavy atom. The van der Waals surface area contributed by atoms with Crippen LogP contribution in [-0.2, 0) is 17.1 Å². The molecule has 1 N–H and O–H groups in total. The monoisotopic (exact) mass is 439 g/mol. The normalized spacial score (nSPS) is 18.6. The van der Waals surface area contributed by atoms with E-state index in [-0.39, 0.29) is 34.2 Å². The first-order chi connectivity index (χ1) is 14.5. The fraction of sp³-hybridized carbons (Fsp3) is 0.238. The van der Waals surface area contributed by atoms with E-state index in [4.69, 9.17) is 0 Å². The van der Waals surface area contributed by atoms with Gasteiger partial charge in [0.2, 0.25) is 5.91 Å². The molecule has 4 rings (SSSR count). The maximum atomic E-state index is 13.2. The molecule has 1 aromatic heterocycles. The number of aromatic nitrogens is 2. The molecule has 2 unspecified atom stereocenters. The standard InChI is InChI=1S/C21H15F6N3O/c22-20(23,24)17-11-18(21(25,26)27)30(29-17)14-8-6-13(7-9-14)28-19(31)16-10-15(16)12-4-2-1-3-5-12/h1-9,11,15-16H,10H2,(H,28,31). The second kappa shape index (κ2) is 7.44. The zero-order valence-electron chi connectivity index (χ0n) is 15.7. The van der Waals surface area contributed by atoms with Gasteiger partial charge in [-0.1, -0.05) is 30.3 Å². The van der Waals surface area contributed by atoms with Crippen LogP contribution in [0, 0.1) is 5.92 Å². The number of halogens is 6. The highest BCUT2D eigenvalue weighted by molar-refractivity contribution is 5.95. The van der Waals surface area contributed by atoms with Crippen molar-refractivity contribution in [1.82, 2.24) is 9.78 Å². The van der Waals surface area contributed by atoms with Crippen LogP contribution in [-0.4, -0.2) is 15.7 Å². The average Bonchev–Trinajstić information content (AvgIpc) is 3.37. The lowest BCUT2D eigenvalue weighted by Gasteiger charge is -2.11. The highest BCUT2D eigenvalue weighted by Gasteiger charge is 2.44. The van der Waals surface area contributed by atoms with Crippen LogP contribution in [0.2, 0.25) is 0 Å². The maximum Gasteiger partial charge on any atom is 0.435 e. The largest absolute Gasteiger partial charge is 0.435 e. The van der Waals surface area contributed by atoms with Gasteiger partial charge in [-0.05, 0) is 42.2 Å². The summed E-state index contributed by atoms with van der Waals surface area (Å²) < 4.78 is 78.2. The number of hydrogen-bond donors (Lipinski definition) is 1. The van der Waals surface area contributed by atoms with Crippen molar-refractivity contribution in [2.75, 3.05) is 5.32 Å². The van der Waals surface area contributed by atoms with Crippen molar-refractivity contribution in [3.63, 3.8) is 0 Å². The summed E-state index contributed by atoms with van der Waals surface area (Å²) >= 11 is 0. The number of hydrogen-bond acceptors (Lipinski definition) is 2. The van der Waals surface area contributed by atoms with E-state index in [1.54, 1.807) is 0 Å². The van der Waals surface area contributed by atoms with E-state index in [9.17, 15) is 31.1 Å². The molecule has 162 valence electrons. The van der Waals surface area contributed by atoms with Gasteiger partial charge >= 0.3 is 12.4 Å². The number of carbonyl (C=O) groups excluding carboxylic acids is 1. The third-order valence-corrected chi connectivity index (χ3v) is 5.02. The molecule has 4 nitrogen and oxygen atoms in total. The third-order valence-electron chi connectivity index (χ3n) is 5.02. The van der Waals surface area contributed by atoms with Crippen LogP contribution in [0.15, 0.2) is 60.7 Å². The Morgan fingerprint density at radius 2 is 1.58 bits per heavy atom. The van der Waals surface area contributed by atoms with Gasteiger partial charge in [-0.2, -0.15) is 31.4 Å². The lowest BCUT2D eigenvalue weighted by atomic mass is 10.1. The number of nitrogens with zero attached hydrogens (tertiary/aromatic N) is 2. The summed E-state index contributed by atoms with van der Waals surface area (Å²) in [7, 11) is 0. The van der Waals surface area contributed by atoms with E-state index in [2.05, 4.69) is 10.4 Å². The first-order valence-corrected chi connectivity index (χ1v) is 9.25. The molecule has 1 fully saturated rings. The van der Waals surface area contributed by atoms with Crippen LogP contribution >= 0.6 is 0 Å². The summed E-state index contributed by atoms with van der Waals surface area (Å²) in [4.78, 5) is 12.4. The molecule has 0 spiro atoms. The van der Waals surface area contributed by atoms with Gasteiger partial charge in [0.25, 0.3) is 0 Å². The number of carbonyl (C=O) groups is 1. The predicted molar refractivity (Wildman–Crippen MR) is 99.5 cm³/mol. The molecule has 2 aromatic carbocycles. The molecule has 1 aliphatic rings. The smallest absolute Gasteiger partial charge is 0.326 e. The molecule has 2 atom stereocenters. The SMILES string of the molecule is O=C(Nc1ccc(-n2nc(C(F)(F)F)cc2C(F)(F)F)cc1)C1CC1c1ccccc1. The number of nitrogens with one attached hydrogen (secondary N) is 1. The zero-order chi connectivity index (χ0) is 22.4. The van der Waals surface area contributed by atoms with Gasteiger partial charge in [0.15, 0.2) is 5.69 Å². The predicted octanol–water partition coefficient (Wildman–Crippen LogP) is 5.65. The van der Waals surface area contributed by atoms with Crippen molar-refractivity contribution >= 4 is 11.6 Å². The van der Waals surface area contributed by atoms with E-state index in [1.807, 2.05) is 30.3 Å². The first-order valence-electron chi connectivity index (χ1n) is 9.25. The summed E-state index contributed by atoms with van der Waals surface area (Å²) in [6, 6.07) is 14.5. The summed E-state index contributed by atoms with van der Waals surface area (Å²) in [5.74, 6) is -0.324. The minimum absolute atomic E-state index is 0.0352. The molecule has 1 saturated carbocycles. The van der Waals surface area contributed by atoms with Crippen LogP contribution in [0.1, 0.15) is 29.3 Å². The molecule has 31 heavy (non-hydrogen) atoms. The van der Waals surface area contributed by atoms with Crippen LogP contribution in [0.5, 0.6) is 0 Å². The molecule has 0 aliphatic heterocycles. The fourth-order valence-corrected chi connectivity index (χ4v) is 3.39. The molecular formula is C21H15F6N3O. The Kier molecular flexibility index (Phi) is 5.03. The molecule has 0 saturated heterocycles. The Bertz CT molecular complexity index is 1090.